The molecule has 20 heavy (non-hydrogen) atoms. The second-order valence-corrected chi connectivity index (χ2v) is 5.59. The minimum Gasteiger partial charge on any atom is -0.298 e. The molecule has 1 aromatic heterocycles. The zero-order chi connectivity index (χ0) is 13.8. The van der Waals surface area contributed by atoms with Gasteiger partial charge >= 0.3 is 0 Å². The van der Waals surface area contributed by atoms with Crippen molar-refractivity contribution in [2.75, 3.05) is 13.1 Å². The quantitative estimate of drug-likeness (QED) is 0.855. The van der Waals surface area contributed by atoms with Crippen molar-refractivity contribution in [2.45, 2.75) is 32.2 Å². The first-order chi connectivity index (χ1) is 9.81. The van der Waals surface area contributed by atoms with Crippen LogP contribution in [0.1, 0.15) is 35.8 Å². The number of aromatic nitrogens is 2. The molecule has 0 bridgehead atoms. The molecule has 0 saturated carbocycles. The molecule has 0 N–H and O–H groups in total. The first-order valence-electron chi connectivity index (χ1n) is 7.37. The van der Waals surface area contributed by atoms with Crippen LogP contribution in [0.4, 0.5) is 0 Å². The number of nitrogens with zero attached hydrogens (tertiary/aromatic N) is 3. The van der Waals surface area contributed by atoms with Crippen LogP contribution in [0.2, 0.25) is 0 Å². The van der Waals surface area contributed by atoms with E-state index in [4.69, 9.17) is 0 Å². The minimum absolute atomic E-state index is 0.550. The van der Waals surface area contributed by atoms with Crippen molar-refractivity contribution in [3.05, 3.63) is 59.7 Å². The van der Waals surface area contributed by atoms with Gasteiger partial charge in [0.05, 0.1) is 0 Å². The van der Waals surface area contributed by atoms with Crippen molar-refractivity contribution in [1.29, 1.82) is 0 Å². The Labute approximate surface area is 120 Å². The van der Waals surface area contributed by atoms with E-state index in [-0.39, 0.29) is 0 Å². The third-order valence-electron chi connectivity index (χ3n) is 3.97. The van der Waals surface area contributed by atoms with Crippen LogP contribution < -0.4 is 0 Å². The fourth-order valence-electron chi connectivity index (χ4n) is 2.98. The summed E-state index contributed by atoms with van der Waals surface area (Å²) >= 11 is 0. The molecular weight excluding hydrogens is 246 g/mol. The summed E-state index contributed by atoms with van der Waals surface area (Å²) in [6, 6.07) is 12.8. The average molecular weight is 267 g/mol. The molecule has 0 amide bonds. The fourth-order valence-corrected chi connectivity index (χ4v) is 2.98. The summed E-state index contributed by atoms with van der Waals surface area (Å²) in [5.74, 6) is 1.43. The summed E-state index contributed by atoms with van der Waals surface area (Å²) in [5, 5.41) is 0. The molecular formula is C17H21N3. The minimum atomic E-state index is 0.550. The van der Waals surface area contributed by atoms with Gasteiger partial charge in [-0.1, -0.05) is 30.3 Å². The molecule has 3 heteroatoms. The van der Waals surface area contributed by atoms with Crippen LogP contribution >= 0.6 is 0 Å². The largest absolute Gasteiger partial charge is 0.298 e. The summed E-state index contributed by atoms with van der Waals surface area (Å²) < 4.78 is 0. The van der Waals surface area contributed by atoms with E-state index in [0.717, 1.165) is 18.9 Å². The molecule has 0 spiro atoms. The predicted octanol–water partition coefficient (Wildman–Crippen LogP) is 3.16. The van der Waals surface area contributed by atoms with E-state index >= 15 is 0 Å². The lowest BCUT2D eigenvalue weighted by Crippen LogP contribution is -2.34. The van der Waals surface area contributed by atoms with Gasteiger partial charge < -0.3 is 0 Å². The Morgan fingerprint density at radius 2 is 2.05 bits per heavy atom. The van der Waals surface area contributed by atoms with Gasteiger partial charge in [-0.05, 0) is 37.9 Å². The van der Waals surface area contributed by atoms with Crippen LogP contribution in [0, 0.1) is 6.92 Å². The highest BCUT2D eigenvalue weighted by atomic mass is 15.1. The topological polar surface area (TPSA) is 29.0 Å². The van der Waals surface area contributed by atoms with E-state index in [0.29, 0.717) is 5.92 Å². The molecule has 1 atom stereocenters. The maximum atomic E-state index is 4.60. The van der Waals surface area contributed by atoms with Gasteiger partial charge in [0.1, 0.15) is 5.82 Å². The lowest BCUT2D eigenvalue weighted by Gasteiger charge is -2.32. The van der Waals surface area contributed by atoms with Crippen molar-refractivity contribution < 1.29 is 0 Å². The number of aryl methyl sites for hydroxylation is 1. The van der Waals surface area contributed by atoms with Gasteiger partial charge in [0.2, 0.25) is 0 Å². The molecule has 1 aliphatic heterocycles. The van der Waals surface area contributed by atoms with E-state index in [1.54, 1.807) is 0 Å². The monoisotopic (exact) mass is 267 g/mol. The van der Waals surface area contributed by atoms with Crippen molar-refractivity contribution in [3.63, 3.8) is 0 Å². The molecule has 1 fully saturated rings. The zero-order valence-electron chi connectivity index (χ0n) is 12.0. The second kappa shape index (κ2) is 6.14. The smallest absolute Gasteiger partial charge is 0.125 e. The van der Waals surface area contributed by atoms with Gasteiger partial charge in [-0.25, -0.2) is 9.97 Å². The highest BCUT2D eigenvalue weighted by Gasteiger charge is 2.22. The van der Waals surface area contributed by atoms with Crippen molar-refractivity contribution >= 4 is 0 Å². The third-order valence-corrected chi connectivity index (χ3v) is 3.97. The van der Waals surface area contributed by atoms with Gasteiger partial charge in [0.25, 0.3) is 0 Å². The molecule has 0 aliphatic carbocycles. The Morgan fingerprint density at radius 3 is 2.85 bits per heavy atom. The Hall–Kier alpha value is -1.74. The highest BCUT2D eigenvalue weighted by molar-refractivity contribution is 5.15. The molecule has 1 aromatic carbocycles. The van der Waals surface area contributed by atoms with E-state index in [9.17, 15) is 0 Å². The Morgan fingerprint density at radius 1 is 1.20 bits per heavy atom. The molecule has 1 saturated heterocycles. The maximum Gasteiger partial charge on any atom is 0.125 e. The molecule has 2 aromatic rings. The van der Waals surface area contributed by atoms with Crippen molar-refractivity contribution in [2.24, 2.45) is 0 Å². The summed E-state index contributed by atoms with van der Waals surface area (Å²) in [7, 11) is 0. The first kappa shape index (κ1) is 13.3. The van der Waals surface area contributed by atoms with E-state index in [1.807, 2.05) is 13.1 Å². The Kier molecular flexibility index (Phi) is 4.07. The molecule has 3 nitrogen and oxygen atoms in total. The SMILES string of the molecule is Cc1nccc([C@H]2CCCN(Cc3ccccc3)C2)n1. The van der Waals surface area contributed by atoms with Gasteiger partial charge in [-0.2, -0.15) is 0 Å². The molecule has 0 unspecified atom stereocenters. The van der Waals surface area contributed by atoms with Gasteiger partial charge in [0.15, 0.2) is 0 Å². The lowest BCUT2D eigenvalue weighted by molar-refractivity contribution is 0.198. The molecule has 2 heterocycles. The zero-order valence-corrected chi connectivity index (χ0v) is 12.0. The Bertz CT molecular complexity index is 553. The van der Waals surface area contributed by atoms with Gasteiger partial charge in [-0.3, -0.25) is 4.90 Å². The molecule has 1 aliphatic rings. The second-order valence-electron chi connectivity index (χ2n) is 5.59. The number of benzene rings is 1. The third kappa shape index (κ3) is 3.23. The average Bonchev–Trinajstić information content (AvgIpc) is 2.49. The summed E-state index contributed by atoms with van der Waals surface area (Å²) in [6.07, 6.45) is 4.37. The van der Waals surface area contributed by atoms with Crippen LogP contribution in [0.3, 0.4) is 0 Å². The number of piperidine rings is 1. The number of rotatable bonds is 3. The number of hydrogen-bond donors (Lipinski definition) is 0. The molecule has 0 radical (unpaired) electrons. The van der Waals surface area contributed by atoms with Crippen LogP contribution in [-0.4, -0.2) is 28.0 Å². The first-order valence-corrected chi connectivity index (χ1v) is 7.37. The highest BCUT2D eigenvalue weighted by Crippen LogP contribution is 2.26. The van der Waals surface area contributed by atoms with Crippen molar-refractivity contribution in [1.82, 2.24) is 14.9 Å². The standard InChI is InChI=1S/C17H21N3/c1-14-18-10-9-17(19-14)16-8-5-11-20(13-16)12-15-6-3-2-4-7-15/h2-4,6-7,9-10,16H,5,8,11-13H2,1H3/t16-/m0/s1. The predicted molar refractivity (Wildman–Crippen MR) is 80.5 cm³/mol. The summed E-state index contributed by atoms with van der Waals surface area (Å²) in [6.45, 7) is 5.30. The summed E-state index contributed by atoms with van der Waals surface area (Å²) in [5.41, 5.74) is 2.60. The molecule has 104 valence electrons. The van der Waals surface area contributed by atoms with Gasteiger partial charge in [0, 0.05) is 30.9 Å². The van der Waals surface area contributed by atoms with Crippen LogP contribution in [0.15, 0.2) is 42.6 Å². The van der Waals surface area contributed by atoms with E-state index < -0.39 is 0 Å². The molecule has 3 rings (SSSR count). The normalized spacial score (nSPS) is 19.9. The van der Waals surface area contributed by atoms with Crippen molar-refractivity contribution in [3.8, 4) is 0 Å². The fraction of sp³-hybridized carbons (Fsp3) is 0.412. The number of likely N-dealkylation sites (tertiary alicyclic amines) is 1. The van der Waals surface area contributed by atoms with E-state index in [2.05, 4.69) is 51.3 Å². The Balaban J connectivity index is 1.67. The lowest BCUT2D eigenvalue weighted by atomic mass is 9.94. The van der Waals surface area contributed by atoms with E-state index in [1.165, 1.54) is 30.6 Å². The van der Waals surface area contributed by atoms with Gasteiger partial charge in [-0.15, -0.1) is 0 Å². The maximum absolute atomic E-state index is 4.60. The van der Waals surface area contributed by atoms with Crippen LogP contribution in [0.5, 0.6) is 0 Å². The summed E-state index contributed by atoms with van der Waals surface area (Å²) in [4.78, 5) is 11.3. The number of hydrogen-bond acceptors (Lipinski definition) is 3. The van der Waals surface area contributed by atoms with Crippen LogP contribution in [-0.2, 0) is 6.54 Å². The van der Waals surface area contributed by atoms with Crippen LogP contribution in [0.25, 0.3) is 0 Å².